The molecule has 2 unspecified atom stereocenters. The van der Waals surface area contributed by atoms with Crippen LogP contribution in [0.2, 0.25) is 19.6 Å². The number of hydrogen-bond donors (Lipinski definition) is 0. The van der Waals surface area contributed by atoms with Gasteiger partial charge in [-0.15, -0.1) is 0 Å². The first-order chi connectivity index (χ1) is 17.2. The van der Waals surface area contributed by atoms with E-state index in [2.05, 4.69) is 105 Å². The molecule has 36 heavy (non-hydrogen) atoms. The van der Waals surface area contributed by atoms with Crippen LogP contribution in [-0.4, -0.2) is 74.9 Å². The van der Waals surface area contributed by atoms with Crippen LogP contribution in [0.15, 0.2) is 60.7 Å². The quantitative estimate of drug-likeness (QED) is 0.291. The van der Waals surface area contributed by atoms with Gasteiger partial charge in [0.25, 0.3) is 0 Å². The largest absolute Gasteiger partial charge is 0.369 e. The predicted molar refractivity (Wildman–Crippen MR) is 154 cm³/mol. The number of ether oxygens (including phenoxy) is 1. The number of carbonyl (C=O) groups is 1. The predicted octanol–water partition coefficient (Wildman–Crippen LogP) is 5.59. The molecular formula is C30H49N3O2Si. The number of benzene rings is 2. The number of methoxy groups -OCH3 is 1. The Bertz CT molecular complexity index is 869. The zero-order chi connectivity index (χ0) is 26.6. The number of likely N-dealkylation sites (tertiary alicyclic amines) is 1. The van der Waals surface area contributed by atoms with Gasteiger partial charge in [-0.3, -0.25) is 14.6 Å². The summed E-state index contributed by atoms with van der Waals surface area (Å²) >= 11 is 0. The zero-order valence-corrected chi connectivity index (χ0v) is 24.7. The summed E-state index contributed by atoms with van der Waals surface area (Å²) < 4.78 is 5.27. The molecule has 1 heterocycles. The Hall–Kier alpha value is -1.99. The fourth-order valence-corrected chi connectivity index (χ4v) is 6.52. The summed E-state index contributed by atoms with van der Waals surface area (Å²) in [6.07, 6.45) is 1.18. The van der Waals surface area contributed by atoms with Gasteiger partial charge in [0.2, 0.25) is 5.91 Å². The second kappa shape index (κ2) is 15.3. The smallest absolute Gasteiger partial charge is 0.227 e. The van der Waals surface area contributed by atoms with Crippen molar-refractivity contribution in [3.05, 3.63) is 71.8 Å². The highest BCUT2D eigenvalue weighted by Gasteiger charge is 2.36. The molecule has 2 atom stereocenters. The maximum Gasteiger partial charge on any atom is 0.227 e. The van der Waals surface area contributed by atoms with E-state index in [0.717, 1.165) is 46.0 Å². The summed E-state index contributed by atoms with van der Waals surface area (Å²) in [5, 5.41) is 0. The lowest BCUT2D eigenvalue weighted by Gasteiger charge is -2.28. The van der Waals surface area contributed by atoms with E-state index < -0.39 is 8.07 Å². The molecule has 0 bridgehead atoms. The topological polar surface area (TPSA) is 36.0 Å². The Morgan fingerprint density at radius 1 is 0.944 bits per heavy atom. The van der Waals surface area contributed by atoms with Crippen molar-refractivity contribution < 1.29 is 9.53 Å². The summed E-state index contributed by atoms with van der Waals surface area (Å²) in [5.74, 6) is 0.948. The van der Waals surface area contributed by atoms with E-state index in [0.29, 0.717) is 11.8 Å². The Morgan fingerprint density at radius 2 is 1.50 bits per heavy atom. The van der Waals surface area contributed by atoms with Gasteiger partial charge in [-0.25, -0.2) is 0 Å². The third-order valence-corrected chi connectivity index (χ3v) is 7.98. The van der Waals surface area contributed by atoms with Gasteiger partial charge >= 0.3 is 0 Å². The molecule has 1 fully saturated rings. The van der Waals surface area contributed by atoms with Crippen molar-refractivity contribution in [1.29, 1.82) is 0 Å². The van der Waals surface area contributed by atoms with Crippen molar-refractivity contribution in [3.63, 3.8) is 0 Å². The minimum atomic E-state index is -1.07. The van der Waals surface area contributed by atoms with E-state index in [-0.39, 0.29) is 5.92 Å². The van der Waals surface area contributed by atoms with Crippen LogP contribution in [0.25, 0.3) is 0 Å². The summed E-state index contributed by atoms with van der Waals surface area (Å²) in [6, 6.07) is 21.1. The third kappa shape index (κ3) is 10.6. The lowest BCUT2D eigenvalue weighted by Crippen LogP contribution is -2.40. The minimum Gasteiger partial charge on any atom is -0.369 e. The first-order valence-corrected chi connectivity index (χ1v) is 17.2. The van der Waals surface area contributed by atoms with Crippen molar-refractivity contribution in [1.82, 2.24) is 14.7 Å². The highest BCUT2D eigenvalue weighted by Crippen LogP contribution is 2.26. The van der Waals surface area contributed by atoms with Crippen LogP contribution >= 0.6 is 0 Å². The van der Waals surface area contributed by atoms with Gasteiger partial charge in [0.1, 0.15) is 0 Å². The van der Waals surface area contributed by atoms with E-state index in [1.54, 1.807) is 7.11 Å². The maximum atomic E-state index is 12.5. The highest BCUT2D eigenvalue weighted by atomic mass is 28.3. The Kier molecular flexibility index (Phi) is 12.9. The Morgan fingerprint density at radius 3 is 2.00 bits per heavy atom. The number of carbonyl (C=O) groups excluding carboxylic acids is 1. The molecule has 1 amide bonds. The number of hydrogen-bond acceptors (Lipinski definition) is 4. The van der Waals surface area contributed by atoms with E-state index in [1.165, 1.54) is 17.3 Å². The first kappa shape index (κ1) is 30.2. The monoisotopic (exact) mass is 511 g/mol. The van der Waals surface area contributed by atoms with Gasteiger partial charge < -0.3 is 9.64 Å². The molecular weight excluding hydrogens is 462 g/mol. The molecule has 0 radical (unpaired) electrons. The maximum absolute atomic E-state index is 12.5. The van der Waals surface area contributed by atoms with Gasteiger partial charge in [-0.2, -0.15) is 0 Å². The fourth-order valence-electron chi connectivity index (χ4n) is 4.97. The average Bonchev–Trinajstić information content (AvgIpc) is 3.20. The molecule has 200 valence electrons. The molecule has 5 nitrogen and oxygen atoms in total. The SMILES string of the molecule is CCN(CC)C(=O)C1CN(Cc2ccccc2)CC1C.COCN(Cc1ccccc1)C[Si](C)(C)C. The van der Waals surface area contributed by atoms with Crippen molar-refractivity contribution in [2.24, 2.45) is 11.8 Å². The zero-order valence-electron chi connectivity index (χ0n) is 23.7. The van der Waals surface area contributed by atoms with Gasteiger partial charge in [0, 0.05) is 46.4 Å². The number of amides is 1. The van der Waals surface area contributed by atoms with Crippen molar-refractivity contribution in [3.8, 4) is 0 Å². The van der Waals surface area contributed by atoms with Gasteiger partial charge in [0.15, 0.2) is 0 Å². The lowest BCUT2D eigenvalue weighted by atomic mass is 9.96. The number of rotatable bonds is 11. The molecule has 1 aliphatic heterocycles. The molecule has 3 rings (SSSR count). The van der Waals surface area contributed by atoms with Crippen LogP contribution in [0.5, 0.6) is 0 Å². The summed E-state index contributed by atoms with van der Waals surface area (Å²) in [7, 11) is 0.701. The summed E-state index contributed by atoms with van der Waals surface area (Å²) in [4.78, 5) is 19.3. The molecule has 0 N–H and O–H groups in total. The van der Waals surface area contributed by atoms with E-state index in [1.807, 2.05) is 11.0 Å². The Balaban J connectivity index is 0.000000261. The molecule has 0 spiro atoms. The van der Waals surface area contributed by atoms with Crippen LogP contribution in [-0.2, 0) is 22.6 Å². The molecule has 6 heteroatoms. The van der Waals surface area contributed by atoms with Gasteiger partial charge in [-0.05, 0) is 37.1 Å². The van der Waals surface area contributed by atoms with Crippen LogP contribution in [0, 0.1) is 11.8 Å². The normalized spacial score (nSPS) is 18.1. The van der Waals surface area contributed by atoms with E-state index >= 15 is 0 Å². The van der Waals surface area contributed by atoms with Crippen LogP contribution in [0.3, 0.4) is 0 Å². The number of nitrogens with zero attached hydrogens (tertiary/aromatic N) is 3. The Labute approximate surface area is 221 Å². The fraction of sp³-hybridized carbons (Fsp3) is 0.567. The second-order valence-electron chi connectivity index (χ2n) is 11.2. The summed E-state index contributed by atoms with van der Waals surface area (Å²) in [5.41, 5.74) is 2.69. The first-order valence-electron chi connectivity index (χ1n) is 13.5. The van der Waals surface area contributed by atoms with Crippen LogP contribution in [0.1, 0.15) is 31.9 Å². The van der Waals surface area contributed by atoms with Crippen LogP contribution < -0.4 is 0 Å². The second-order valence-corrected chi connectivity index (χ2v) is 16.7. The van der Waals surface area contributed by atoms with E-state index in [9.17, 15) is 4.79 Å². The van der Waals surface area contributed by atoms with E-state index in [4.69, 9.17) is 4.74 Å². The molecule has 0 aliphatic carbocycles. The molecule has 0 saturated carbocycles. The minimum absolute atomic E-state index is 0.165. The molecule has 2 aromatic carbocycles. The summed E-state index contributed by atoms with van der Waals surface area (Å²) in [6.45, 7) is 19.7. The lowest BCUT2D eigenvalue weighted by molar-refractivity contribution is -0.135. The molecule has 0 aromatic heterocycles. The van der Waals surface area contributed by atoms with Gasteiger partial charge in [0.05, 0.1) is 20.7 Å². The van der Waals surface area contributed by atoms with Crippen LogP contribution in [0.4, 0.5) is 0 Å². The third-order valence-electron chi connectivity index (χ3n) is 6.59. The average molecular weight is 512 g/mol. The molecule has 2 aromatic rings. The highest BCUT2D eigenvalue weighted by molar-refractivity contribution is 6.76. The molecule has 1 saturated heterocycles. The van der Waals surface area contributed by atoms with Crippen molar-refractivity contribution >= 4 is 14.0 Å². The molecule has 1 aliphatic rings. The van der Waals surface area contributed by atoms with Crippen molar-refractivity contribution in [2.75, 3.05) is 46.2 Å². The van der Waals surface area contributed by atoms with Crippen molar-refractivity contribution in [2.45, 2.75) is 53.5 Å². The standard InChI is InChI=1S/C17H26N2O.C13H23NOSi/c1-4-19(5-2)17(20)16-13-18(11-14(16)3)12-15-9-7-6-8-10-15;1-15-11-14(12-16(2,3)4)10-13-8-6-5-7-9-13/h6-10,14,16H,4-5,11-13H2,1-3H3;5-9H,10-12H2,1-4H3. The van der Waals surface area contributed by atoms with Gasteiger partial charge in [-0.1, -0.05) is 87.2 Å².